The minimum Gasteiger partial charge on any atom is -0.505 e. The number of phenolic OH excluding ortho intramolecular Hbond substituents is 1. The normalized spacial score (nSPS) is 12.3. The average Bonchev–Trinajstić information content (AvgIpc) is 2.06. The van der Waals surface area contributed by atoms with Gasteiger partial charge >= 0.3 is 6.98 Å². The molecule has 1 nitrogen and oxygen atoms in total. The summed E-state index contributed by atoms with van der Waals surface area (Å²) in [5.74, 6) is -1.47. The molecule has 0 aromatic heterocycles. The number of aromatic hydroxyl groups is 1. The Kier molecular flexibility index (Phi) is 2.83. The SMILES string of the molecule is Oc1ccc(/C=C/[B-](F)(F)F)cc1F. The first-order valence-corrected chi connectivity index (χ1v) is 3.76. The number of halogens is 4. The fraction of sp³-hybridized carbons (Fsp3) is 0. The molecule has 0 radical (unpaired) electrons. The van der Waals surface area contributed by atoms with Crippen LogP contribution in [0.25, 0.3) is 6.08 Å². The van der Waals surface area contributed by atoms with Gasteiger partial charge in [-0.15, -0.1) is 5.98 Å². The zero-order valence-corrected chi connectivity index (χ0v) is 6.92. The van der Waals surface area contributed by atoms with Gasteiger partial charge in [0.1, 0.15) is 0 Å². The van der Waals surface area contributed by atoms with E-state index in [2.05, 4.69) is 0 Å². The molecule has 0 spiro atoms. The third-order valence-electron chi connectivity index (χ3n) is 1.48. The van der Waals surface area contributed by atoms with E-state index in [9.17, 15) is 17.3 Å². The van der Waals surface area contributed by atoms with E-state index in [4.69, 9.17) is 5.11 Å². The molecule has 1 aromatic rings. The summed E-state index contributed by atoms with van der Waals surface area (Å²) in [7, 11) is 0. The Morgan fingerprint density at radius 1 is 1.21 bits per heavy atom. The summed E-state index contributed by atoms with van der Waals surface area (Å²) in [5.41, 5.74) is 0.0551. The number of hydrogen-bond acceptors (Lipinski definition) is 1. The van der Waals surface area contributed by atoms with Crippen LogP contribution in [0.3, 0.4) is 0 Å². The number of phenols is 1. The first kappa shape index (κ1) is 10.6. The molecule has 0 aliphatic heterocycles. The second-order valence-electron chi connectivity index (χ2n) is 2.70. The maximum Gasteiger partial charge on any atom is 0.502 e. The molecule has 0 saturated carbocycles. The monoisotopic (exact) mass is 205 g/mol. The second-order valence-corrected chi connectivity index (χ2v) is 2.70. The van der Waals surface area contributed by atoms with Crippen molar-refractivity contribution >= 4 is 13.1 Å². The minimum absolute atomic E-state index is 0.0551. The van der Waals surface area contributed by atoms with Gasteiger partial charge in [-0.05, 0) is 17.7 Å². The van der Waals surface area contributed by atoms with E-state index in [1.165, 1.54) is 6.07 Å². The highest BCUT2D eigenvalue weighted by molar-refractivity contribution is 6.64. The molecule has 0 fully saturated rings. The molecular formula is C8H6BF4O-. The first-order valence-electron chi connectivity index (χ1n) is 3.76. The Morgan fingerprint density at radius 3 is 2.36 bits per heavy atom. The van der Waals surface area contributed by atoms with E-state index in [-0.39, 0.29) is 11.5 Å². The summed E-state index contributed by atoms with van der Waals surface area (Å²) < 4.78 is 47.9. The molecule has 0 aliphatic carbocycles. The zero-order chi connectivity index (χ0) is 10.8. The van der Waals surface area contributed by atoms with Gasteiger partial charge in [0.05, 0.1) is 0 Å². The topological polar surface area (TPSA) is 20.2 Å². The lowest BCUT2D eigenvalue weighted by atomic mass is 9.90. The van der Waals surface area contributed by atoms with Crippen molar-refractivity contribution in [2.75, 3.05) is 0 Å². The lowest BCUT2D eigenvalue weighted by Crippen LogP contribution is -2.09. The summed E-state index contributed by atoms with van der Waals surface area (Å²) in [5, 5.41) is 8.75. The van der Waals surface area contributed by atoms with Crippen molar-refractivity contribution in [3.05, 3.63) is 35.6 Å². The fourth-order valence-corrected chi connectivity index (χ4v) is 0.847. The largest absolute Gasteiger partial charge is 0.505 e. The van der Waals surface area contributed by atoms with Crippen molar-refractivity contribution in [2.24, 2.45) is 0 Å². The van der Waals surface area contributed by atoms with Crippen molar-refractivity contribution in [3.63, 3.8) is 0 Å². The predicted molar refractivity (Wildman–Crippen MR) is 46.2 cm³/mol. The van der Waals surface area contributed by atoms with Gasteiger partial charge in [0, 0.05) is 0 Å². The van der Waals surface area contributed by atoms with Crippen molar-refractivity contribution < 1.29 is 22.4 Å². The molecule has 1 aromatic carbocycles. The van der Waals surface area contributed by atoms with E-state index in [1.54, 1.807) is 0 Å². The second kappa shape index (κ2) is 3.73. The minimum atomic E-state index is -5.01. The van der Waals surface area contributed by atoms with Gasteiger partial charge in [-0.2, -0.15) is 0 Å². The van der Waals surface area contributed by atoms with Gasteiger partial charge in [0.2, 0.25) is 0 Å². The fourth-order valence-electron chi connectivity index (χ4n) is 0.847. The Labute approximate surface area is 77.7 Å². The highest BCUT2D eigenvalue weighted by atomic mass is 19.4. The molecule has 0 unspecified atom stereocenters. The van der Waals surface area contributed by atoms with E-state index in [0.29, 0.717) is 0 Å². The molecular weight excluding hydrogens is 199 g/mol. The van der Waals surface area contributed by atoms with Crippen LogP contribution in [0.1, 0.15) is 5.56 Å². The maximum atomic E-state index is 12.6. The number of rotatable bonds is 2. The lowest BCUT2D eigenvalue weighted by molar-refractivity contribution is 0.432. The Bertz CT molecular complexity index is 359. The van der Waals surface area contributed by atoms with Crippen molar-refractivity contribution in [2.45, 2.75) is 0 Å². The Hall–Kier alpha value is -1.46. The smallest absolute Gasteiger partial charge is 0.502 e. The van der Waals surface area contributed by atoms with E-state index in [0.717, 1.165) is 18.2 Å². The molecule has 0 atom stereocenters. The van der Waals surface area contributed by atoms with E-state index >= 15 is 0 Å². The van der Waals surface area contributed by atoms with Crippen LogP contribution in [0.5, 0.6) is 5.75 Å². The summed E-state index contributed by atoms with van der Waals surface area (Å²) in [6, 6.07) is 3.02. The number of benzene rings is 1. The predicted octanol–water partition coefficient (Wildman–Crippen LogP) is 2.93. The molecule has 6 heteroatoms. The van der Waals surface area contributed by atoms with Crippen LogP contribution in [-0.2, 0) is 0 Å². The molecule has 76 valence electrons. The molecule has 0 amide bonds. The molecule has 0 heterocycles. The third-order valence-corrected chi connectivity index (χ3v) is 1.48. The van der Waals surface area contributed by atoms with Crippen LogP contribution in [0, 0.1) is 5.82 Å². The van der Waals surface area contributed by atoms with Gasteiger partial charge in [0.25, 0.3) is 0 Å². The van der Waals surface area contributed by atoms with Crippen LogP contribution < -0.4 is 0 Å². The van der Waals surface area contributed by atoms with Crippen LogP contribution in [0.15, 0.2) is 24.2 Å². The molecule has 0 aliphatic rings. The average molecular weight is 205 g/mol. The van der Waals surface area contributed by atoms with Gasteiger partial charge in [-0.1, -0.05) is 12.1 Å². The summed E-state index contributed by atoms with van der Waals surface area (Å²) in [6.45, 7) is -5.01. The summed E-state index contributed by atoms with van der Waals surface area (Å²) in [4.78, 5) is 0. The van der Waals surface area contributed by atoms with Crippen molar-refractivity contribution in [1.29, 1.82) is 0 Å². The molecule has 14 heavy (non-hydrogen) atoms. The van der Waals surface area contributed by atoms with Crippen molar-refractivity contribution in [3.8, 4) is 5.75 Å². The maximum absolute atomic E-state index is 12.6. The quantitative estimate of drug-likeness (QED) is 0.581. The van der Waals surface area contributed by atoms with Gasteiger partial charge in [-0.3, -0.25) is 0 Å². The lowest BCUT2D eigenvalue weighted by Gasteiger charge is -2.06. The molecule has 0 saturated heterocycles. The van der Waals surface area contributed by atoms with Crippen LogP contribution in [0.2, 0.25) is 0 Å². The van der Waals surface area contributed by atoms with Crippen LogP contribution in [-0.4, -0.2) is 12.1 Å². The molecule has 1 N–H and O–H groups in total. The number of hydrogen-bond donors (Lipinski definition) is 1. The van der Waals surface area contributed by atoms with E-state index in [1.807, 2.05) is 0 Å². The summed E-state index contributed by atoms with van der Waals surface area (Å²) in [6.07, 6.45) is 0.752. The van der Waals surface area contributed by atoms with Gasteiger partial charge in [0.15, 0.2) is 11.6 Å². The first-order chi connectivity index (χ1) is 6.38. The Balaban J connectivity index is 2.89. The van der Waals surface area contributed by atoms with E-state index < -0.39 is 18.5 Å². The molecule has 0 bridgehead atoms. The van der Waals surface area contributed by atoms with Crippen molar-refractivity contribution in [1.82, 2.24) is 0 Å². The van der Waals surface area contributed by atoms with Gasteiger partial charge in [-0.25, -0.2) is 4.39 Å². The van der Waals surface area contributed by atoms with Crippen LogP contribution in [0.4, 0.5) is 17.3 Å². The third kappa shape index (κ3) is 3.12. The molecule has 1 rings (SSSR count). The van der Waals surface area contributed by atoms with Crippen LogP contribution >= 0.6 is 0 Å². The zero-order valence-electron chi connectivity index (χ0n) is 6.92. The Morgan fingerprint density at radius 2 is 1.86 bits per heavy atom. The van der Waals surface area contributed by atoms with Gasteiger partial charge < -0.3 is 18.1 Å². The standard InChI is InChI=1S/C8H6BF4O/c10-7-5-6(1-2-8(7)14)3-4-9(11,12)13/h1-5,14H/q-1/b4-3+. The highest BCUT2D eigenvalue weighted by Gasteiger charge is 2.16. The summed E-state index contributed by atoms with van der Waals surface area (Å²) >= 11 is 0. The highest BCUT2D eigenvalue weighted by Crippen LogP contribution is 2.18.